The minimum absolute atomic E-state index is 0.00362. The van der Waals surface area contributed by atoms with Crippen LogP contribution in [0.2, 0.25) is 0 Å². The molecule has 3 rings (SSSR count). The summed E-state index contributed by atoms with van der Waals surface area (Å²) in [4.78, 5) is 25.4. The quantitative estimate of drug-likeness (QED) is 0.945. The molecular weight excluding hydrogens is 302 g/mol. The summed E-state index contributed by atoms with van der Waals surface area (Å²) in [6, 6.07) is 10.5. The molecule has 1 aliphatic rings. The summed E-state index contributed by atoms with van der Waals surface area (Å²) >= 11 is 0. The highest BCUT2D eigenvalue weighted by molar-refractivity contribution is 5.97. The van der Waals surface area contributed by atoms with Crippen molar-refractivity contribution in [3.8, 4) is 0 Å². The average molecular weight is 316 g/mol. The van der Waals surface area contributed by atoms with Gasteiger partial charge in [0.15, 0.2) is 0 Å². The van der Waals surface area contributed by atoms with Crippen LogP contribution in [-0.2, 0) is 11.3 Å². The van der Waals surface area contributed by atoms with Gasteiger partial charge < -0.3 is 5.32 Å². The zero-order valence-electron chi connectivity index (χ0n) is 12.1. The first-order chi connectivity index (χ1) is 11.0. The molecule has 4 nitrogen and oxygen atoms in total. The minimum atomic E-state index is -0.612. The van der Waals surface area contributed by atoms with E-state index in [-0.39, 0.29) is 18.5 Å². The van der Waals surface area contributed by atoms with E-state index in [1.165, 1.54) is 36.4 Å². The number of imide groups is 1. The van der Waals surface area contributed by atoms with Gasteiger partial charge in [-0.2, -0.15) is 0 Å². The maximum Gasteiger partial charge on any atom is 0.324 e. The van der Waals surface area contributed by atoms with Crippen molar-refractivity contribution in [1.82, 2.24) is 10.2 Å². The molecule has 2 aromatic rings. The molecular formula is C17H14F2N2O2. The molecule has 3 amide bonds. The Morgan fingerprint density at radius 1 is 1.09 bits per heavy atom. The van der Waals surface area contributed by atoms with Crippen molar-refractivity contribution >= 4 is 11.9 Å². The van der Waals surface area contributed by atoms with Gasteiger partial charge in [0.25, 0.3) is 0 Å². The van der Waals surface area contributed by atoms with E-state index in [0.29, 0.717) is 5.56 Å². The van der Waals surface area contributed by atoms with E-state index in [1.807, 2.05) is 0 Å². The zero-order valence-corrected chi connectivity index (χ0v) is 12.1. The predicted molar refractivity (Wildman–Crippen MR) is 79.2 cm³/mol. The van der Waals surface area contributed by atoms with Gasteiger partial charge in [-0.05, 0) is 23.8 Å². The third-order valence-corrected chi connectivity index (χ3v) is 3.76. The van der Waals surface area contributed by atoms with E-state index in [1.54, 1.807) is 12.1 Å². The Hall–Kier alpha value is -2.76. The number of hydrogen-bond donors (Lipinski definition) is 1. The molecule has 0 saturated carbocycles. The molecule has 0 spiro atoms. The first-order valence-corrected chi connectivity index (χ1v) is 7.14. The summed E-state index contributed by atoms with van der Waals surface area (Å²) in [6.07, 6.45) is 0.00362. The molecule has 23 heavy (non-hydrogen) atoms. The Kier molecular flexibility index (Phi) is 4.06. The van der Waals surface area contributed by atoms with Crippen LogP contribution in [0, 0.1) is 11.6 Å². The Bertz CT molecular complexity index is 746. The van der Waals surface area contributed by atoms with E-state index in [0.717, 1.165) is 4.90 Å². The molecule has 1 aliphatic heterocycles. The Morgan fingerprint density at radius 3 is 2.57 bits per heavy atom. The Balaban J connectivity index is 1.76. The number of nitrogens with one attached hydrogen (secondary N) is 1. The van der Waals surface area contributed by atoms with Crippen LogP contribution in [-0.4, -0.2) is 16.8 Å². The van der Waals surface area contributed by atoms with E-state index >= 15 is 0 Å². The molecule has 1 heterocycles. The van der Waals surface area contributed by atoms with Crippen LogP contribution in [0.25, 0.3) is 0 Å². The standard InChI is InChI=1S/C17H14F2N2O2/c18-13-6-3-5-11(8-13)15-9-16(22)21(17(23)20-15)10-12-4-1-2-7-14(12)19/h1-8,15H,9-10H2,(H,20,23). The lowest BCUT2D eigenvalue weighted by Crippen LogP contribution is -2.50. The lowest BCUT2D eigenvalue weighted by molar-refractivity contribution is -0.130. The summed E-state index contributed by atoms with van der Waals surface area (Å²) in [5.41, 5.74) is 0.789. The van der Waals surface area contributed by atoms with E-state index in [4.69, 9.17) is 0 Å². The molecule has 1 fully saturated rings. The minimum Gasteiger partial charge on any atom is -0.330 e. The fraction of sp³-hybridized carbons (Fsp3) is 0.176. The first-order valence-electron chi connectivity index (χ1n) is 7.14. The second-order valence-corrected chi connectivity index (χ2v) is 5.33. The van der Waals surface area contributed by atoms with Crippen molar-refractivity contribution in [2.75, 3.05) is 0 Å². The van der Waals surface area contributed by atoms with Crippen molar-refractivity contribution in [3.63, 3.8) is 0 Å². The number of amides is 3. The highest BCUT2D eigenvalue weighted by atomic mass is 19.1. The number of hydrogen-bond acceptors (Lipinski definition) is 2. The summed E-state index contributed by atoms with van der Waals surface area (Å²) < 4.78 is 26.9. The SMILES string of the molecule is O=C1CC(c2cccc(F)c2)NC(=O)N1Cc1ccccc1F. The van der Waals surface area contributed by atoms with Gasteiger partial charge in [0.1, 0.15) is 11.6 Å². The lowest BCUT2D eigenvalue weighted by atomic mass is 10.0. The van der Waals surface area contributed by atoms with Crippen molar-refractivity contribution < 1.29 is 18.4 Å². The topological polar surface area (TPSA) is 49.4 Å². The monoisotopic (exact) mass is 316 g/mol. The van der Waals surface area contributed by atoms with E-state index in [2.05, 4.69) is 5.32 Å². The van der Waals surface area contributed by atoms with Crippen molar-refractivity contribution in [3.05, 3.63) is 71.3 Å². The highest BCUT2D eigenvalue weighted by Crippen LogP contribution is 2.24. The molecule has 0 aromatic heterocycles. The number of benzene rings is 2. The van der Waals surface area contributed by atoms with Gasteiger partial charge in [0.2, 0.25) is 5.91 Å². The zero-order chi connectivity index (χ0) is 16.4. The largest absolute Gasteiger partial charge is 0.330 e. The average Bonchev–Trinajstić information content (AvgIpc) is 2.52. The molecule has 1 atom stereocenters. The summed E-state index contributed by atoms with van der Waals surface area (Å²) in [7, 11) is 0. The molecule has 118 valence electrons. The molecule has 6 heteroatoms. The van der Waals surface area contributed by atoms with Crippen LogP contribution in [0.1, 0.15) is 23.6 Å². The van der Waals surface area contributed by atoms with Gasteiger partial charge in [0.05, 0.1) is 19.0 Å². The summed E-state index contributed by atoms with van der Waals surface area (Å²) in [5, 5.41) is 2.66. The molecule has 1 saturated heterocycles. The van der Waals surface area contributed by atoms with Gasteiger partial charge in [0, 0.05) is 5.56 Å². The van der Waals surface area contributed by atoms with Crippen LogP contribution < -0.4 is 5.32 Å². The third-order valence-electron chi connectivity index (χ3n) is 3.76. The van der Waals surface area contributed by atoms with Crippen LogP contribution in [0.15, 0.2) is 48.5 Å². The number of carbonyl (C=O) groups excluding carboxylic acids is 2. The van der Waals surface area contributed by atoms with Crippen LogP contribution >= 0.6 is 0 Å². The predicted octanol–water partition coefficient (Wildman–Crippen LogP) is 3.15. The smallest absolute Gasteiger partial charge is 0.324 e. The highest BCUT2D eigenvalue weighted by Gasteiger charge is 2.33. The molecule has 0 aliphatic carbocycles. The van der Waals surface area contributed by atoms with Gasteiger partial charge in [-0.15, -0.1) is 0 Å². The number of nitrogens with zero attached hydrogens (tertiary/aromatic N) is 1. The maximum absolute atomic E-state index is 13.7. The molecule has 1 N–H and O–H groups in total. The normalized spacial score (nSPS) is 18.0. The molecule has 1 unspecified atom stereocenters. The fourth-order valence-electron chi connectivity index (χ4n) is 2.56. The number of carbonyl (C=O) groups is 2. The van der Waals surface area contributed by atoms with Crippen molar-refractivity contribution in [1.29, 1.82) is 0 Å². The Morgan fingerprint density at radius 2 is 1.87 bits per heavy atom. The van der Waals surface area contributed by atoms with Crippen LogP contribution in [0.3, 0.4) is 0 Å². The van der Waals surface area contributed by atoms with Crippen molar-refractivity contribution in [2.24, 2.45) is 0 Å². The second-order valence-electron chi connectivity index (χ2n) is 5.33. The number of rotatable bonds is 3. The number of halogens is 2. The van der Waals surface area contributed by atoms with Gasteiger partial charge in [-0.3, -0.25) is 9.69 Å². The van der Waals surface area contributed by atoms with Gasteiger partial charge in [-0.25, -0.2) is 13.6 Å². The van der Waals surface area contributed by atoms with E-state index < -0.39 is 29.6 Å². The molecule has 0 bridgehead atoms. The summed E-state index contributed by atoms with van der Waals surface area (Å²) in [5.74, 6) is -1.33. The van der Waals surface area contributed by atoms with E-state index in [9.17, 15) is 18.4 Å². The van der Waals surface area contributed by atoms with Gasteiger partial charge >= 0.3 is 6.03 Å². The Labute approximate surface area is 131 Å². The molecule has 0 radical (unpaired) electrons. The maximum atomic E-state index is 13.7. The first kappa shape index (κ1) is 15.1. The fourth-order valence-corrected chi connectivity index (χ4v) is 2.56. The van der Waals surface area contributed by atoms with Gasteiger partial charge in [-0.1, -0.05) is 30.3 Å². The third kappa shape index (κ3) is 3.21. The van der Waals surface area contributed by atoms with Crippen LogP contribution in [0.4, 0.5) is 13.6 Å². The van der Waals surface area contributed by atoms with Crippen LogP contribution in [0.5, 0.6) is 0 Å². The number of urea groups is 1. The molecule has 2 aromatic carbocycles. The summed E-state index contributed by atoms with van der Waals surface area (Å²) in [6.45, 7) is -0.132. The second kappa shape index (κ2) is 6.16. The van der Waals surface area contributed by atoms with Crippen molar-refractivity contribution in [2.45, 2.75) is 19.0 Å². The lowest BCUT2D eigenvalue weighted by Gasteiger charge is -2.31.